The number of hydrogen-bond donors (Lipinski definition) is 0. The van der Waals surface area contributed by atoms with Gasteiger partial charge in [-0.05, 0) is 6.42 Å². The maximum Gasteiger partial charge on any atom is 0.302 e. The molecule has 4 heteroatoms. The number of ether oxygens (including phenoxy) is 1. The van der Waals surface area contributed by atoms with Crippen molar-refractivity contribution in [3.8, 4) is 0 Å². The van der Waals surface area contributed by atoms with Crippen LogP contribution < -0.4 is 0 Å². The average Bonchev–Trinajstić information content (AvgIpc) is 2.05. The van der Waals surface area contributed by atoms with Crippen LogP contribution in [0.1, 0.15) is 26.7 Å². The lowest BCUT2D eigenvalue weighted by molar-refractivity contribution is -0.141. The summed E-state index contributed by atoms with van der Waals surface area (Å²) in [4.78, 5) is 21.6. The van der Waals surface area contributed by atoms with E-state index in [-0.39, 0.29) is 24.8 Å². The second-order valence-electron chi connectivity index (χ2n) is 2.50. The number of Topliss-reactive ketones (excluding diaryl/α,β-unsaturated/α-hetero) is 1. The second-order valence-corrected chi connectivity index (χ2v) is 2.72. The number of allylic oxidation sites excluding steroid dienone is 1. The highest BCUT2D eigenvalue weighted by Gasteiger charge is 2.07. The summed E-state index contributed by atoms with van der Waals surface area (Å²) in [5.74, 6) is -0.445. The van der Waals surface area contributed by atoms with Crippen molar-refractivity contribution in [3.05, 3.63) is 11.1 Å². The Morgan fingerprint density at radius 2 is 2.08 bits per heavy atom. The van der Waals surface area contributed by atoms with Gasteiger partial charge in [-0.3, -0.25) is 9.59 Å². The Kier molecular flexibility index (Phi) is 6.24. The maximum atomic E-state index is 11.2. The molecule has 0 bridgehead atoms. The summed E-state index contributed by atoms with van der Waals surface area (Å²) in [5.41, 5.74) is 1.84. The molecule has 0 aromatic rings. The predicted molar refractivity (Wildman–Crippen MR) is 50.5 cm³/mol. The molecule has 0 heterocycles. The maximum absolute atomic E-state index is 11.2. The quantitative estimate of drug-likeness (QED) is 0.509. The van der Waals surface area contributed by atoms with E-state index >= 15 is 0 Å². The van der Waals surface area contributed by atoms with Gasteiger partial charge in [0.15, 0.2) is 5.78 Å². The summed E-state index contributed by atoms with van der Waals surface area (Å²) in [7, 11) is 0. The molecule has 0 unspecified atom stereocenters. The van der Waals surface area contributed by atoms with E-state index in [1.54, 1.807) is 0 Å². The molecule has 0 aromatic carbocycles. The zero-order chi connectivity index (χ0) is 10.3. The van der Waals surface area contributed by atoms with Gasteiger partial charge in [0.1, 0.15) is 0 Å². The third kappa shape index (κ3) is 5.42. The average molecular weight is 205 g/mol. The lowest BCUT2D eigenvalue weighted by Crippen LogP contribution is -2.08. The Morgan fingerprint density at radius 1 is 1.46 bits per heavy atom. The smallest absolute Gasteiger partial charge is 0.302 e. The van der Waals surface area contributed by atoms with Gasteiger partial charge in [0.25, 0.3) is 0 Å². The van der Waals surface area contributed by atoms with E-state index in [2.05, 4.69) is 4.74 Å². The highest BCUT2D eigenvalue weighted by molar-refractivity contribution is 6.27. The molecule has 0 amide bonds. The predicted octanol–water partition coefficient (Wildman–Crippen LogP) is 2.04. The Labute approximate surface area is 82.7 Å². The Balaban J connectivity index is 3.81. The van der Waals surface area contributed by atoms with Crippen molar-refractivity contribution in [2.24, 2.45) is 0 Å². The van der Waals surface area contributed by atoms with E-state index in [4.69, 9.17) is 11.6 Å². The van der Waals surface area contributed by atoms with Crippen LogP contribution in [0.4, 0.5) is 0 Å². The topological polar surface area (TPSA) is 43.4 Å². The highest BCUT2D eigenvalue weighted by atomic mass is 35.5. The minimum absolute atomic E-state index is 0.0706. The van der Waals surface area contributed by atoms with Crippen molar-refractivity contribution in [1.82, 2.24) is 0 Å². The van der Waals surface area contributed by atoms with Crippen molar-refractivity contribution in [2.45, 2.75) is 26.7 Å². The summed E-state index contributed by atoms with van der Waals surface area (Å²) in [5, 5.41) is 0. The normalized spacial score (nSPS) is 11.2. The summed E-state index contributed by atoms with van der Waals surface area (Å²) >= 11 is 5.41. The van der Waals surface area contributed by atoms with E-state index in [1.165, 1.54) is 12.5 Å². The van der Waals surface area contributed by atoms with Crippen LogP contribution in [-0.2, 0) is 14.3 Å². The summed E-state index contributed by atoms with van der Waals surface area (Å²) in [6.07, 6.45) is 0.800. The number of halogens is 1. The molecular formula is C9H13ClO3. The standard InChI is InChI=1S/C9H13ClO3/c1-3-8(6-10)9(12)4-5-13-7(2)11/h6H,3-5H2,1-2H3/b8-6+. The molecular weight excluding hydrogens is 192 g/mol. The second kappa shape index (κ2) is 6.66. The van der Waals surface area contributed by atoms with E-state index in [0.29, 0.717) is 12.0 Å². The highest BCUT2D eigenvalue weighted by Crippen LogP contribution is 2.06. The SMILES string of the molecule is CC/C(=C\Cl)C(=O)CCOC(C)=O. The minimum Gasteiger partial charge on any atom is -0.465 e. The molecule has 0 atom stereocenters. The number of hydrogen-bond acceptors (Lipinski definition) is 3. The number of ketones is 1. The zero-order valence-electron chi connectivity index (χ0n) is 7.80. The molecule has 0 aliphatic heterocycles. The van der Waals surface area contributed by atoms with Gasteiger partial charge in [0, 0.05) is 24.5 Å². The van der Waals surface area contributed by atoms with Crippen LogP contribution in [0.2, 0.25) is 0 Å². The molecule has 0 N–H and O–H groups in total. The minimum atomic E-state index is -0.374. The van der Waals surface area contributed by atoms with Crippen molar-refractivity contribution < 1.29 is 14.3 Å². The van der Waals surface area contributed by atoms with Crippen LogP contribution in [0.15, 0.2) is 11.1 Å². The summed E-state index contributed by atoms with van der Waals surface area (Å²) < 4.78 is 4.62. The molecule has 74 valence electrons. The van der Waals surface area contributed by atoms with E-state index in [9.17, 15) is 9.59 Å². The Bertz CT molecular complexity index is 221. The summed E-state index contributed by atoms with van der Waals surface area (Å²) in [6.45, 7) is 3.28. The van der Waals surface area contributed by atoms with Gasteiger partial charge >= 0.3 is 5.97 Å². The lowest BCUT2D eigenvalue weighted by atomic mass is 10.1. The molecule has 0 saturated carbocycles. The Hall–Kier alpha value is -0.830. The van der Waals surface area contributed by atoms with Crippen LogP contribution in [0.3, 0.4) is 0 Å². The molecule has 0 aliphatic rings. The van der Waals surface area contributed by atoms with E-state index < -0.39 is 0 Å². The van der Waals surface area contributed by atoms with Gasteiger partial charge < -0.3 is 4.74 Å². The molecule has 13 heavy (non-hydrogen) atoms. The molecule has 3 nitrogen and oxygen atoms in total. The van der Waals surface area contributed by atoms with Crippen molar-refractivity contribution in [1.29, 1.82) is 0 Å². The number of carbonyl (C=O) groups excluding carboxylic acids is 2. The molecule has 0 saturated heterocycles. The van der Waals surface area contributed by atoms with Gasteiger partial charge in [0.2, 0.25) is 0 Å². The van der Waals surface area contributed by atoms with Gasteiger partial charge in [-0.2, -0.15) is 0 Å². The third-order valence-electron chi connectivity index (χ3n) is 1.51. The summed E-state index contributed by atoms with van der Waals surface area (Å²) in [6, 6.07) is 0. The van der Waals surface area contributed by atoms with Gasteiger partial charge in [-0.1, -0.05) is 18.5 Å². The molecule has 0 spiro atoms. The van der Waals surface area contributed by atoms with Crippen LogP contribution in [0.5, 0.6) is 0 Å². The molecule has 0 rings (SSSR count). The fourth-order valence-corrected chi connectivity index (χ4v) is 1.06. The zero-order valence-corrected chi connectivity index (χ0v) is 8.56. The van der Waals surface area contributed by atoms with Crippen molar-refractivity contribution in [3.63, 3.8) is 0 Å². The van der Waals surface area contributed by atoms with Gasteiger partial charge in [-0.25, -0.2) is 0 Å². The molecule has 0 radical (unpaired) electrons. The molecule has 0 fully saturated rings. The number of carbonyl (C=O) groups is 2. The number of rotatable bonds is 5. The first-order valence-corrected chi connectivity index (χ1v) is 4.51. The first-order valence-electron chi connectivity index (χ1n) is 4.07. The third-order valence-corrected chi connectivity index (χ3v) is 1.77. The van der Waals surface area contributed by atoms with Crippen molar-refractivity contribution >= 4 is 23.4 Å². The van der Waals surface area contributed by atoms with Gasteiger partial charge in [0.05, 0.1) is 6.61 Å². The van der Waals surface area contributed by atoms with E-state index in [1.807, 2.05) is 6.92 Å². The van der Waals surface area contributed by atoms with Gasteiger partial charge in [-0.15, -0.1) is 0 Å². The van der Waals surface area contributed by atoms with Crippen LogP contribution in [0, 0.1) is 0 Å². The lowest BCUT2D eigenvalue weighted by Gasteiger charge is -2.02. The Morgan fingerprint density at radius 3 is 2.46 bits per heavy atom. The fraction of sp³-hybridized carbons (Fsp3) is 0.556. The van der Waals surface area contributed by atoms with E-state index in [0.717, 1.165) is 0 Å². The van der Waals surface area contributed by atoms with Crippen LogP contribution in [0.25, 0.3) is 0 Å². The van der Waals surface area contributed by atoms with Crippen LogP contribution in [-0.4, -0.2) is 18.4 Å². The number of esters is 1. The van der Waals surface area contributed by atoms with Crippen molar-refractivity contribution in [2.75, 3.05) is 6.61 Å². The molecule has 0 aromatic heterocycles. The first kappa shape index (κ1) is 12.2. The fourth-order valence-electron chi connectivity index (χ4n) is 0.783. The first-order chi connectivity index (χ1) is 6.11. The largest absolute Gasteiger partial charge is 0.465 e. The molecule has 0 aliphatic carbocycles. The van der Waals surface area contributed by atoms with Crippen LogP contribution >= 0.6 is 11.6 Å². The monoisotopic (exact) mass is 204 g/mol.